The van der Waals surface area contributed by atoms with Crippen molar-refractivity contribution >= 4 is 6.03 Å². The van der Waals surface area contributed by atoms with Crippen LogP contribution in [0.4, 0.5) is 4.79 Å². The van der Waals surface area contributed by atoms with Crippen LogP contribution in [0.1, 0.15) is 52.4 Å². The monoisotopic (exact) mass is 276 g/mol. The van der Waals surface area contributed by atoms with Gasteiger partial charge in [-0.25, -0.2) is 4.79 Å². The van der Waals surface area contributed by atoms with Gasteiger partial charge in [0.2, 0.25) is 0 Å². The molecule has 20 heavy (non-hydrogen) atoms. The smallest absolute Gasteiger partial charge is 0.317 e. The van der Waals surface area contributed by atoms with E-state index in [0.717, 1.165) is 32.4 Å². The fraction of sp³-hybridized carbons (Fsp3) is 0.588. The Balaban J connectivity index is 0.000000706. The minimum Gasteiger partial charge on any atom is -0.335 e. The van der Waals surface area contributed by atoms with Crippen molar-refractivity contribution in [2.75, 3.05) is 13.1 Å². The van der Waals surface area contributed by atoms with Crippen LogP contribution >= 0.6 is 0 Å². The third-order valence-electron chi connectivity index (χ3n) is 3.97. The van der Waals surface area contributed by atoms with Gasteiger partial charge in [0.25, 0.3) is 0 Å². The number of amides is 2. The molecule has 1 aromatic carbocycles. The molecule has 0 radical (unpaired) electrons. The highest BCUT2D eigenvalue weighted by Gasteiger charge is 2.40. The molecule has 1 N–H and O–H groups in total. The Kier molecular flexibility index (Phi) is 5.45. The van der Waals surface area contributed by atoms with Crippen LogP contribution in [0.5, 0.6) is 0 Å². The van der Waals surface area contributed by atoms with E-state index in [1.807, 2.05) is 24.8 Å². The average molecular weight is 276 g/mol. The lowest BCUT2D eigenvalue weighted by atomic mass is 10.1. The second-order valence-electron chi connectivity index (χ2n) is 5.36. The van der Waals surface area contributed by atoms with Crippen LogP contribution in [0.25, 0.3) is 0 Å². The quantitative estimate of drug-likeness (QED) is 0.869. The van der Waals surface area contributed by atoms with Crippen LogP contribution in [-0.4, -0.2) is 30.1 Å². The van der Waals surface area contributed by atoms with E-state index in [0.29, 0.717) is 12.0 Å². The molecule has 0 aromatic heterocycles. The Hall–Kier alpha value is -1.51. The molecular formula is C17H28N2O. The molecule has 1 aliphatic heterocycles. The first-order chi connectivity index (χ1) is 9.84. The minimum atomic E-state index is 0. The number of nitrogens with one attached hydrogen (secondary N) is 1. The summed E-state index contributed by atoms with van der Waals surface area (Å²) in [5.41, 5.74) is 1.35. The van der Waals surface area contributed by atoms with Crippen molar-refractivity contribution in [1.82, 2.24) is 10.2 Å². The normalized spacial score (nSPS) is 24.4. The van der Waals surface area contributed by atoms with E-state index in [4.69, 9.17) is 0 Å². The number of likely N-dealkylation sites (tertiary alicyclic amines) is 1. The van der Waals surface area contributed by atoms with Gasteiger partial charge in [-0.05, 0) is 31.2 Å². The maximum absolute atomic E-state index is 12.0. The molecule has 112 valence electrons. The van der Waals surface area contributed by atoms with Crippen LogP contribution in [0.2, 0.25) is 0 Å². The Morgan fingerprint density at radius 1 is 1.15 bits per heavy atom. The molecule has 0 spiro atoms. The van der Waals surface area contributed by atoms with Crippen molar-refractivity contribution in [2.45, 2.75) is 51.5 Å². The lowest BCUT2D eigenvalue weighted by Crippen LogP contribution is -2.43. The van der Waals surface area contributed by atoms with E-state index in [-0.39, 0.29) is 7.46 Å². The summed E-state index contributed by atoms with van der Waals surface area (Å²) in [4.78, 5) is 14.0. The number of carbonyl (C=O) groups is 1. The molecule has 3 nitrogen and oxygen atoms in total. The molecule has 2 fully saturated rings. The van der Waals surface area contributed by atoms with Gasteiger partial charge >= 0.3 is 6.03 Å². The van der Waals surface area contributed by atoms with E-state index in [1.54, 1.807) is 0 Å². The topological polar surface area (TPSA) is 32.3 Å². The number of hydrogen-bond donors (Lipinski definition) is 1. The highest BCUT2D eigenvalue weighted by atomic mass is 16.2. The van der Waals surface area contributed by atoms with E-state index in [2.05, 4.69) is 29.6 Å². The van der Waals surface area contributed by atoms with Crippen molar-refractivity contribution < 1.29 is 6.22 Å². The highest BCUT2D eigenvalue weighted by Crippen LogP contribution is 2.40. The molecule has 3 rings (SSSR count). The van der Waals surface area contributed by atoms with Gasteiger partial charge in [0.05, 0.1) is 0 Å². The zero-order valence-corrected chi connectivity index (χ0v) is 12.6. The average Bonchev–Trinajstić information content (AvgIpc) is 3.30. The standard InChI is InChI=1S/C15H20N2O.C2H6.H2/c18-15(17-9-5-2-6-10-17)16-14-11-13(14)12-7-3-1-4-8-12;1-2;/h1,3-4,7-8,13-14H,2,5-6,9-11H2,(H,16,18);1-2H3;1H. The Labute approximate surface area is 123 Å². The van der Waals surface area contributed by atoms with Gasteiger partial charge in [-0.3, -0.25) is 0 Å². The van der Waals surface area contributed by atoms with Gasteiger partial charge in [0.1, 0.15) is 0 Å². The summed E-state index contributed by atoms with van der Waals surface area (Å²) < 4.78 is 0. The molecule has 2 unspecified atom stereocenters. The highest BCUT2D eigenvalue weighted by molar-refractivity contribution is 5.75. The van der Waals surface area contributed by atoms with Gasteiger partial charge in [-0.15, -0.1) is 0 Å². The largest absolute Gasteiger partial charge is 0.335 e. The molecular weight excluding hydrogens is 248 g/mol. The van der Waals surface area contributed by atoms with Gasteiger partial charge in [-0.2, -0.15) is 0 Å². The molecule has 2 atom stereocenters. The first kappa shape index (κ1) is 14.9. The maximum Gasteiger partial charge on any atom is 0.317 e. The second-order valence-corrected chi connectivity index (χ2v) is 5.36. The Morgan fingerprint density at radius 3 is 2.45 bits per heavy atom. The number of benzene rings is 1. The minimum absolute atomic E-state index is 0. The summed E-state index contributed by atoms with van der Waals surface area (Å²) in [6.45, 7) is 5.85. The number of rotatable bonds is 2. The predicted molar refractivity (Wildman–Crippen MR) is 85.0 cm³/mol. The summed E-state index contributed by atoms with van der Waals surface area (Å²) in [7, 11) is 0. The van der Waals surface area contributed by atoms with Crippen LogP contribution in [-0.2, 0) is 0 Å². The molecule has 1 aromatic rings. The predicted octanol–water partition coefficient (Wildman–Crippen LogP) is 4.01. The van der Waals surface area contributed by atoms with Crippen molar-refractivity contribution in [1.29, 1.82) is 0 Å². The molecule has 1 saturated carbocycles. The van der Waals surface area contributed by atoms with Crippen LogP contribution < -0.4 is 5.32 Å². The lowest BCUT2D eigenvalue weighted by molar-refractivity contribution is 0.186. The number of nitrogens with zero attached hydrogens (tertiary/aromatic N) is 1. The first-order valence-corrected chi connectivity index (χ1v) is 7.95. The maximum atomic E-state index is 12.0. The summed E-state index contributed by atoms with van der Waals surface area (Å²) in [5.74, 6) is 0.528. The van der Waals surface area contributed by atoms with Gasteiger partial charge in [0, 0.05) is 26.5 Å². The summed E-state index contributed by atoms with van der Waals surface area (Å²) in [6.07, 6.45) is 4.66. The van der Waals surface area contributed by atoms with Crippen molar-refractivity contribution in [2.24, 2.45) is 0 Å². The van der Waals surface area contributed by atoms with Crippen molar-refractivity contribution in [3.05, 3.63) is 35.9 Å². The second kappa shape index (κ2) is 7.32. The molecule has 0 bridgehead atoms. The van der Waals surface area contributed by atoms with E-state index in [9.17, 15) is 4.79 Å². The van der Waals surface area contributed by atoms with Crippen molar-refractivity contribution in [3.8, 4) is 0 Å². The number of carbonyl (C=O) groups excluding carboxylic acids is 1. The number of urea groups is 1. The first-order valence-electron chi connectivity index (χ1n) is 7.95. The van der Waals surface area contributed by atoms with Gasteiger partial charge in [0.15, 0.2) is 0 Å². The number of hydrogen-bond acceptors (Lipinski definition) is 1. The molecule has 1 heterocycles. The zero-order chi connectivity index (χ0) is 14.4. The SMILES string of the molecule is CC.O=C(NC1CC1c1ccccc1)N1CCCCC1.[HH]. The summed E-state index contributed by atoms with van der Waals surface area (Å²) in [6, 6.07) is 11.0. The zero-order valence-electron chi connectivity index (χ0n) is 12.6. The molecule has 1 aliphatic carbocycles. The van der Waals surface area contributed by atoms with Crippen molar-refractivity contribution in [3.63, 3.8) is 0 Å². The molecule has 2 aliphatic rings. The van der Waals surface area contributed by atoms with Crippen LogP contribution in [0.3, 0.4) is 0 Å². The fourth-order valence-electron chi connectivity index (χ4n) is 2.77. The fourth-order valence-corrected chi connectivity index (χ4v) is 2.77. The van der Waals surface area contributed by atoms with Gasteiger partial charge < -0.3 is 10.2 Å². The Morgan fingerprint density at radius 2 is 1.80 bits per heavy atom. The van der Waals surface area contributed by atoms with E-state index >= 15 is 0 Å². The Bertz CT molecular complexity index is 418. The molecule has 2 amide bonds. The van der Waals surface area contributed by atoms with E-state index < -0.39 is 0 Å². The molecule has 3 heteroatoms. The third kappa shape index (κ3) is 3.75. The third-order valence-corrected chi connectivity index (χ3v) is 3.97. The number of piperidine rings is 1. The van der Waals surface area contributed by atoms with Crippen LogP contribution in [0, 0.1) is 0 Å². The van der Waals surface area contributed by atoms with E-state index in [1.165, 1.54) is 12.0 Å². The van der Waals surface area contributed by atoms with Crippen LogP contribution in [0.15, 0.2) is 30.3 Å². The lowest BCUT2D eigenvalue weighted by Gasteiger charge is -2.26. The van der Waals surface area contributed by atoms with Gasteiger partial charge in [-0.1, -0.05) is 44.2 Å². The summed E-state index contributed by atoms with van der Waals surface area (Å²) >= 11 is 0. The molecule has 1 saturated heterocycles. The summed E-state index contributed by atoms with van der Waals surface area (Å²) in [5, 5.41) is 3.16.